The van der Waals surface area contributed by atoms with Gasteiger partial charge in [-0.2, -0.15) is 5.10 Å². The van der Waals surface area contributed by atoms with Crippen LogP contribution in [0.15, 0.2) is 15.5 Å². The summed E-state index contributed by atoms with van der Waals surface area (Å²) < 4.78 is 44.2. The molecule has 31 heavy (non-hydrogen) atoms. The number of aromatic nitrogens is 2. The zero-order chi connectivity index (χ0) is 21.4. The molecule has 2 amide bonds. The van der Waals surface area contributed by atoms with Crippen LogP contribution in [0.4, 0.5) is 14.9 Å². The van der Waals surface area contributed by atoms with Crippen molar-refractivity contribution < 1.29 is 22.9 Å². The summed E-state index contributed by atoms with van der Waals surface area (Å²) in [5.74, 6) is 0.137. The van der Waals surface area contributed by atoms with Gasteiger partial charge in [0.25, 0.3) is 0 Å². The molecule has 0 saturated carbocycles. The zero-order valence-corrected chi connectivity index (χ0v) is 17.6. The lowest BCUT2D eigenvalue weighted by Gasteiger charge is -2.43. The number of nitrogens with two attached hydrogens (primary N) is 1. The minimum Gasteiger partial charge on any atom is -0.476 e. The van der Waals surface area contributed by atoms with E-state index in [1.807, 2.05) is 0 Å². The van der Waals surface area contributed by atoms with E-state index in [1.165, 1.54) is 6.20 Å². The van der Waals surface area contributed by atoms with Gasteiger partial charge in [-0.05, 0) is 54.4 Å². The van der Waals surface area contributed by atoms with Crippen LogP contribution in [0.25, 0.3) is 0 Å². The predicted molar refractivity (Wildman–Crippen MR) is 109 cm³/mol. The van der Waals surface area contributed by atoms with Crippen molar-refractivity contribution >= 4 is 21.6 Å². The lowest BCUT2D eigenvalue weighted by Crippen LogP contribution is -2.52. The molecule has 6 rings (SSSR count). The van der Waals surface area contributed by atoms with Crippen LogP contribution in [-0.4, -0.2) is 39.8 Å². The Morgan fingerprint density at radius 1 is 1.19 bits per heavy atom. The van der Waals surface area contributed by atoms with Gasteiger partial charge in [0.05, 0.1) is 31.4 Å². The summed E-state index contributed by atoms with van der Waals surface area (Å²) >= 11 is 0. The van der Waals surface area contributed by atoms with Gasteiger partial charge in [0.2, 0.25) is 5.88 Å². The molecule has 3 heterocycles. The maximum atomic E-state index is 14.6. The Bertz CT molecular complexity index is 1260. The Labute approximate surface area is 178 Å². The van der Waals surface area contributed by atoms with Crippen molar-refractivity contribution in [2.45, 2.75) is 43.5 Å². The van der Waals surface area contributed by atoms with E-state index < -0.39 is 15.9 Å². The van der Waals surface area contributed by atoms with Crippen molar-refractivity contribution in [1.29, 1.82) is 0 Å². The SMILES string of the molecule is NS(=O)(=NC(=O)Nc1c2c(c(F)c3c1CC3)CCC2)c1cnn2c1OCC1(COC1)C2. The highest BCUT2D eigenvalue weighted by Crippen LogP contribution is 2.42. The van der Waals surface area contributed by atoms with Crippen molar-refractivity contribution in [3.05, 3.63) is 34.3 Å². The molecular weight excluding hydrogens is 425 g/mol. The number of urea groups is 1. The number of carbonyl (C=O) groups excluding carboxylic acids is 1. The highest BCUT2D eigenvalue weighted by Gasteiger charge is 2.44. The number of fused-ring (bicyclic) bond motifs is 3. The number of nitrogens with zero attached hydrogens (tertiary/aromatic N) is 3. The molecule has 2 aliphatic carbocycles. The normalized spacial score (nSPS) is 21.6. The van der Waals surface area contributed by atoms with Crippen LogP contribution in [-0.2, 0) is 46.9 Å². The zero-order valence-electron chi connectivity index (χ0n) is 16.8. The van der Waals surface area contributed by atoms with Crippen molar-refractivity contribution in [2.75, 3.05) is 25.1 Å². The quantitative estimate of drug-likeness (QED) is 0.729. The second-order valence-electron chi connectivity index (χ2n) is 8.80. The molecule has 3 N–H and O–H groups in total. The van der Waals surface area contributed by atoms with Crippen molar-refractivity contribution in [3.8, 4) is 5.88 Å². The minimum absolute atomic E-state index is 0.0927. The summed E-state index contributed by atoms with van der Waals surface area (Å²) in [6.45, 7) is 2.14. The average molecular weight is 447 g/mol. The molecule has 0 radical (unpaired) electrons. The van der Waals surface area contributed by atoms with Gasteiger partial charge in [0.15, 0.2) is 9.92 Å². The first kappa shape index (κ1) is 19.2. The first-order valence-electron chi connectivity index (χ1n) is 10.3. The Hall–Kier alpha value is -2.50. The lowest BCUT2D eigenvalue weighted by atomic mass is 9.83. The standard InChI is InChI=1S/C20H22FN5O4S/c21-16-11-2-1-3-13(11)17(14-5-4-12(14)16)24-19(27)25-31(22,28)15-6-23-26-7-20(8-29-9-20)10-30-18(15)26/h6H,1-5,7-10H2,(H3,22,24,25,27,28). The van der Waals surface area contributed by atoms with Gasteiger partial charge in [-0.3, -0.25) is 0 Å². The second kappa shape index (κ2) is 6.50. The molecule has 1 unspecified atom stereocenters. The largest absolute Gasteiger partial charge is 0.476 e. The molecule has 1 saturated heterocycles. The third-order valence-electron chi connectivity index (χ3n) is 6.68. The van der Waals surface area contributed by atoms with Crippen LogP contribution in [0.1, 0.15) is 28.7 Å². The van der Waals surface area contributed by atoms with Gasteiger partial charge < -0.3 is 14.8 Å². The molecule has 11 heteroatoms. The average Bonchev–Trinajstić information content (AvgIpc) is 3.30. The number of rotatable bonds is 2. The van der Waals surface area contributed by atoms with E-state index in [1.54, 1.807) is 4.68 Å². The minimum atomic E-state index is -3.58. The van der Waals surface area contributed by atoms with Crippen LogP contribution in [0.3, 0.4) is 0 Å². The van der Waals surface area contributed by atoms with E-state index in [2.05, 4.69) is 14.8 Å². The number of benzene rings is 1. The third kappa shape index (κ3) is 2.83. The summed E-state index contributed by atoms with van der Waals surface area (Å²) in [4.78, 5) is 12.8. The third-order valence-corrected chi connectivity index (χ3v) is 8.03. The van der Waals surface area contributed by atoms with Crippen molar-refractivity contribution in [3.63, 3.8) is 0 Å². The fraction of sp³-hybridized carbons (Fsp3) is 0.500. The van der Waals surface area contributed by atoms with E-state index in [9.17, 15) is 13.4 Å². The molecule has 4 aliphatic rings. The topological polar surface area (TPSA) is 121 Å². The number of halogens is 1. The number of amides is 2. The van der Waals surface area contributed by atoms with Gasteiger partial charge in [-0.15, -0.1) is 4.36 Å². The van der Waals surface area contributed by atoms with E-state index in [4.69, 9.17) is 14.6 Å². The maximum Gasteiger partial charge on any atom is 0.354 e. The highest BCUT2D eigenvalue weighted by atomic mass is 32.2. The summed E-state index contributed by atoms with van der Waals surface area (Å²) in [6.07, 6.45) is 4.90. The van der Waals surface area contributed by atoms with Gasteiger partial charge >= 0.3 is 6.03 Å². The monoisotopic (exact) mass is 447 g/mol. The summed E-state index contributed by atoms with van der Waals surface area (Å²) in [7, 11) is -3.58. The predicted octanol–water partition coefficient (Wildman–Crippen LogP) is 1.95. The summed E-state index contributed by atoms with van der Waals surface area (Å²) in [6, 6.07) is -0.818. The summed E-state index contributed by atoms with van der Waals surface area (Å²) in [5, 5.41) is 12.9. The van der Waals surface area contributed by atoms with E-state index in [0.717, 1.165) is 17.5 Å². The number of hydrogen-bond acceptors (Lipinski definition) is 5. The van der Waals surface area contributed by atoms with Crippen LogP contribution < -0.4 is 15.2 Å². The molecule has 1 spiro atoms. The van der Waals surface area contributed by atoms with E-state index >= 15 is 0 Å². The highest BCUT2D eigenvalue weighted by molar-refractivity contribution is 7.91. The summed E-state index contributed by atoms with van der Waals surface area (Å²) in [5.41, 5.74) is 3.46. The molecule has 2 aliphatic heterocycles. The van der Waals surface area contributed by atoms with Gasteiger partial charge in [-0.1, -0.05) is 0 Å². The molecule has 1 atom stereocenters. The van der Waals surface area contributed by atoms with Crippen LogP contribution in [0.5, 0.6) is 5.88 Å². The van der Waals surface area contributed by atoms with Crippen LogP contribution in [0.2, 0.25) is 0 Å². The van der Waals surface area contributed by atoms with Crippen LogP contribution >= 0.6 is 0 Å². The molecule has 2 aromatic rings. The maximum absolute atomic E-state index is 14.6. The van der Waals surface area contributed by atoms with Crippen molar-refractivity contribution in [2.24, 2.45) is 14.9 Å². The fourth-order valence-corrected chi connectivity index (χ4v) is 5.94. The molecule has 0 bridgehead atoms. The first-order chi connectivity index (χ1) is 14.9. The Morgan fingerprint density at radius 2 is 1.90 bits per heavy atom. The molecular formula is C20H22FN5O4S. The number of nitrogens with one attached hydrogen (secondary N) is 1. The second-order valence-corrected chi connectivity index (χ2v) is 10.6. The number of carbonyl (C=O) groups is 1. The smallest absolute Gasteiger partial charge is 0.354 e. The lowest BCUT2D eigenvalue weighted by molar-refractivity contribution is -0.154. The molecule has 1 aromatic heterocycles. The molecule has 1 fully saturated rings. The van der Waals surface area contributed by atoms with Crippen molar-refractivity contribution in [1.82, 2.24) is 9.78 Å². The Balaban J connectivity index is 1.30. The fourth-order valence-electron chi connectivity index (χ4n) is 4.94. The molecule has 164 valence electrons. The molecule has 1 aromatic carbocycles. The number of ether oxygens (including phenoxy) is 2. The van der Waals surface area contributed by atoms with Crippen LogP contribution in [0, 0.1) is 11.2 Å². The first-order valence-corrected chi connectivity index (χ1v) is 11.9. The Kier molecular flexibility index (Phi) is 4.03. The molecule has 9 nitrogen and oxygen atoms in total. The van der Waals surface area contributed by atoms with Gasteiger partial charge in [0, 0.05) is 5.69 Å². The van der Waals surface area contributed by atoms with Gasteiger partial charge in [-0.25, -0.2) is 23.2 Å². The van der Waals surface area contributed by atoms with E-state index in [-0.39, 0.29) is 22.0 Å². The number of hydrogen-bond donors (Lipinski definition) is 2. The van der Waals surface area contributed by atoms with Gasteiger partial charge in [0.1, 0.15) is 17.3 Å². The Morgan fingerprint density at radius 3 is 2.61 bits per heavy atom. The van der Waals surface area contributed by atoms with E-state index in [0.29, 0.717) is 68.9 Å². The number of anilines is 1.